The second-order valence-corrected chi connectivity index (χ2v) is 6.45. The van der Waals surface area contributed by atoms with Crippen molar-refractivity contribution in [1.29, 1.82) is 0 Å². The summed E-state index contributed by atoms with van der Waals surface area (Å²) in [6.45, 7) is 7.76. The van der Waals surface area contributed by atoms with Crippen LogP contribution in [0.2, 0.25) is 0 Å². The predicted octanol–water partition coefficient (Wildman–Crippen LogP) is 3.46. The predicted molar refractivity (Wildman–Crippen MR) is 83.8 cm³/mol. The van der Waals surface area contributed by atoms with E-state index in [2.05, 4.69) is 29.3 Å². The third-order valence-electron chi connectivity index (χ3n) is 3.66. The van der Waals surface area contributed by atoms with Gasteiger partial charge in [-0.15, -0.1) is 0 Å². The van der Waals surface area contributed by atoms with Crippen LogP contribution in [-0.2, 0) is 11.2 Å². The highest BCUT2D eigenvalue weighted by Gasteiger charge is 2.25. The number of rotatable bonds is 11. The van der Waals surface area contributed by atoms with Crippen molar-refractivity contribution in [2.75, 3.05) is 0 Å². The molecule has 1 heterocycles. The van der Waals surface area contributed by atoms with Crippen LogP contribution in [0.1, 0.15) is 71.9 Å². The zero-order chi connectivity index (χ0) is 15.7. The van der Waals surface area contributed by atoms with Gasteiger partial charge in [0.2, 0.25) is 0 Å². The van der Waals surface area contributed by atoms with Crippen LogP contribution >= 0.6 is 0 Å². The molecule has 1 rings (SSSR count). The van der Waals surface area contributed by atoms with Crippen molar-refractivity contribution in [3.63, 3.8) is 0 Å². The van der Waals surface area contributed by atoms with Crippen molar-refractivity contribution in [2.24, 2.45) is 5.92 Å². The summed E-state index contributed by atoms with van der Waals surface area (Å²) < 4.78 is 5.85. The van der Waals surface area contributed by atoms with Gasteiger partial charge in [0.25, 0.3) is 0 Å². The number of aromatic amines is 1. The van der Waals surface area contributed by atoms with Gasteiger partial charge in [-0.2, -0.15) is 15.4 Å². The van der Waals surface area contributed by atoms with Crippen molar-refractivity contribution in [3.05, 3.63) is 11.9 Å². The van der Waals surface area contributed by atoms with Crippen molar-refractivity contribution in [2.45, 2.75) is 84.5 Å². The molecule has 0 aliphatic heterocycles. The molecule has 2 atom stereocenters. The highest BCUT2D eigenvalue weighted by molar-refractivity contribution is 4.93. The molecule has 2 N–H and O–H groups in total. The lowest BCUT2D eigenvalue weighted by Crippen LogP contribution is -2.34. The van der Waals surface area contributed by atoms with E-state index >= 15 is 0 Å². The first-order valence-electron chi connectivity index (χ1n) is 8.17. The summed E-state index contributed by atoms with van der Waals surface area (Å²) >= 11 is 0. The largest absolute Gasteiger partial charge is 0.366 e. The molecule has 5 nitrogen and oxygen atoms in total. The molecule has 5 heteroatoms. The van der Waals surface area contributed by atoms with Crippen LogP contribution in [0.25, 0.3) is 0 Å². The molecule has 0 bridgehead atoms. The summed E-state index contributed by atoms with van der Waals surface area (Å²) in [7, 11) is 0. The molecule has 0 saturated heterocycles. The number of hydrogen-bond donors (Lipinski definition) is 2. The minimum atomic E-state index is -1.09. The fourth-order valence-corrected chi connectivity index (χ4v) is 2.56. The fraction of sp³-hybridized carbons (Fsp3) is 0.875. The Labute approximate surface area is 128 Å². The standard InChI is InChI=1S/C16H31N3O2/c1-5-6-7-8-9-10-15(21-16(3,4)20)13(2)11-14-12-17-19-18-14/h12-13,15,20H,5-11H2,1-4H3,(H,17,18,19)/t13-,15-/m1/s1. The molecule has 0 unspecified atom stereocenters. The van der Waals surface area contributed by atoms with Crippen LogP contribution in [0.3, 0.4) is 0 Å². The number of aliphatic hydroxyl groups is 1. The summed E-state index contributed by atoms with van der Waals surface area (Å²) in [5.41, 5.74) is 0.942. The maximum absolute atomic E-state index is 9.95. The Balaban J connectivity index is 2.46. The van der Waals surface area contributed by atoms with E-state index in [0.717, 1.165) is 25.0 Å². The first-order chi connectivity index (χ1) is 9.92. The molecule has 21 heavy (non-hydrogen) atoms. The van der Waals surface area contributed by atoms with Crippen molar-refractivity contribution < 1.29 is 9.84 Å². The van der Waals surface area contributed by atoms with Gasteiger partial charge >= 0.3 is 0 Å². The van der Waals surface area contributed by atoms with Gasteiger partial charge < -0.3 is 9.84 Å². The van der Waals surface area contributed by atoms with Crippen molar-refractivity contribution >= 4 is 0 Å². The zero-order valence-corrected chi connectivity index (χ0v) is 13.9. The summed E-state index contributed by atoms with van der Waals surface area (Å²) in [5.74, 6) is -0.792. The summed E-state index contributed by atoms with van der Waals surface area (Å²) in [6, 6.07) is 0. The van der Waals surface area contributed by atoms with E-state index in [1.54, 1.807) is 20.0 Å². The third-order valence-corrected chi connectivity index (χ3v) is 3.66. The average molecular weight is 297 g/mol. The van der Waals surface area contributed by atoms with Crippen molar-refractivity contribution in [1.82, 2.24) is 15.4 Å². The average Bonchev–Trinajstić information content (AvgIpc) is 2.88. The molecule has 0 aromatic carbocycles. The normalized spacial score (nSPS) is 15.1. The molecule has 0 spiro atoms. The van der Waals surface area contributed by atoms with E-state index < -0.39 is 5.79 Å². The van der Waals surface area contributed by atoms with E-state index in [1.165, 1.54) is 25.7 Å². The Kier molecular flexibility index (Phi) is 7.89. The molecule has 1 aromatic rings. The van der Waals surface area contributed by atoms with Crippen LogP contribution in [0.15, 0.2) is 6.20 Å². The number of aromatic nitrogens is 3. The Hall–Kier alpha value is -0.940. The van der Waals surface area contributed by atoms with Gasteiger partial charge in [0.15, 0.2) is 5.79 Å². The van der Waals surface area contributed by atoms with Crippen LogP contribution < -0.4 is 0 Å². The molecular formula is C16H31N3O2. The fourth-order valence-electron chi connectivity index (χ4n) is 2.56. The van der Waals surface area contributed by atoms with Gasteiger partial charge in [0.05, 0.1) is 18.0 Å². The Morgan fingerprint density at radius 2 is 2.00 bits per heavy atom. The van der Waals surface area contributed by atoms with Crippen LogP contribution in [0, 0.1) is 5.92 Å². The summed E-state index contributed by atoms with van der Waals surface area (Å²) in [6.07, 6.45) is 9.79. The lowest BCUT2D eigenvalue weighted by atomic mass is 9.94. The molecule has 1 aromatic heterocycles. The molecule has 0 saturated carbocycles. The van der Waals surface area contributed by atoms with E-state index in [4.69, 9.17) is 4.74 Å². The Morgan fingerprint density at radius 1 is 1.29 bits per heavy atom. The smallest absolute Gasteiger partial charge is 0.160 e. The molecule has 0 aliphatic rings. The number of unbranched alkanes of at least 4 members (excludes halogenated alkanes) is 4. The lowest BCUT2D eigenvalue weighted by molar-refractivity contribution is -0.217. The van der Waals surface area contributed by atoms with E-state index in [1.807, 2.05) is 0 Å². The van der Waals surface area contributed by atoms with Gasteiger partial charge in [0, 0.05) is 0 Å². The van der Waals surface area contributed by atoms with E-state index in [9.17, 15) is 5.11 Å². The number of H-pyrrole nitrogens is 1. The minimum absolute atomic E-state index is 0.0447. The van der Waals surface area contributed by atoms with Crippen LogP contribution in [0.4, 0.5) is 0 Å². The minimum Gasteiger partial charge on any atom is -0.366 e. The van der Waals surface area contributed by atoms with E-state index in [0.29, 0.717) is 5.92 Å². The SMILES string of the molecule is CCCCCCC[C@@H](OC(C)(C)O)[C@H](C)Cc1cn[nH]n1. The molecule has 0 radical (unpaired) electrons. The van der Waals surface area contributed by atoms with Crippen LogP contribution in [-0.4, -0.2) is 32.4 Å². The monoisotopic (exact) mass is 297 g/mol. The molecule has 0 fully saturated rings. The van der Waals surface area contributed by atoms with Gasteiger partial charge in [-0.25, -0.2) is 0 Å². The highest BCUT2D eigenvalue weighted by Crippen LogP contribution is 2.23. The Morgan fingerprint density at radius 3 is 2.57 bits per heavy atom. The molecule has 122 valence electrons. The highest BCUT2D eigenvalue weighted by atomic mass is 16.6. The zero-order valence-electron chi connectivity index (χ0n) is 13.9. The first kappa shape index (κ1) is 18.1. The topological polar surface area (TPSA) is 71.0 Å². The summed E-state index contributed by atoms with van der Waals surface area (Å²) in [5, 5.41) is 20.5. The number of ether oxygens (including phenoxy) is 1. The van der Waals surface area contributed by atoms with E-state index in [-0.39, 0.29) is 6.10 Å². The third kappa shape index (κ3) is 8.17. The number of nitrogens with one attached hydrogen (secondary N) is 1. The van der Waals surface area contributed by atoms with Gasteiger partial charge in [-0.1, -0.05) is 46.0 Å². The number of nitrogens with zero attached hydrogens (tertiary/aromatic N) is 2. The summed E-state index contributed by atoms with van der Waals surface area (Å²) in [4.78, 5) is 0. The van der Waals surface area contributed by atoms with Gasteiger partial charge in [-0.05, 0) is 32.6 Å². The Bertz CT molecular complexity index is 360. The van der Waals surface area contributed by atoms with Gasteiger partial charge in [-0.3, -0.25) is 0 Å². The van der Waals surface area contributed by atoms with Gasteiger partial charge in [0.1, 0.15) is 0 Å². The molecule has 0 aliphatic carbocycles. The van der Waals surface area contributed by atoms with Crippen molar-refractivity contribution in [3.8, 4) is 0 Å². The maximum Gasteiger partial charge on any atom is 0.160 e. The molecule has 0 amide bonds. The second-order valence-electron chi connectivity index (χ2n) is 6.45. The lowest BCUT2D eigenvalue weighted by Gasteiger charge is -2.30. The number of hydrogen-bond acceptors (Lipinski definition) is 4. The quantitative estimate of drug-likeness (QED) is 0.485. The first-order valence-corrected chi connectivity index (χ1v) is 8.17. The maximum atomic E-state index is 9.95. The second kappa shape index (κ2) is 9.15. The van der Waals surface area contributed by atoms with Crippen LogP contribution in [0.5, 0.6) is 0 Å². The molecular weight excluding hydrogens is 266 g/mol.